The Morgan fingerprint density at radius 3 is 2.76 bits per heavy atom. The fourth-order valence-electron chi connectivity index (χ4n) is 3.40. The maximum Gasteiger partial charge on any atom is 0.254 e. The molecule has 0 saturated carbocycles. The van der Waals surface area contributed by atoms with Gasteiger partial charge in [0.2, 0.25) is 0 Å². The van der Waals surface area contributed by atoms with E-state index in [1.807, 2.05) is 30.9 Å². The molecule has 3 rings (SSSR count). The lowest BCUT2D eigenvalue weighted by molar-refractivity contribution is 0.00702. The molecule has 114 valence electrons. The maximum absolute atomic E-state index is 12.7. The summed E-state index contributed by atoms with van der Waals surface area (Å²) in [5, 5.41) is 0. The molecule has 1 spiro atoms. The fraction of sp³-hybridized carbons (Fsp3) is 0.625. The van der Waals surface area contributed by atoms with Gasteiger partial charge < -0.3 is 14.4 Å². The molecular weight excluding hydrogens is 268 g/mol. The first-order chi connectivity index (χ1) is 10.0. The Bertz CT molecular complexity index is 540. The van der Waals surface area contributed by atoms with Crippen molar-refractivity contribution in [1.82, 2.24) is 9.88 Å². The molecule has 1 aromatic heterocycles. The van der Waals surface area contributed by atoms with Crippen molar-refractivity contribution >= 4 is 5.91 Å². The van der Waals surface area contributed by atoms with Gasteiger partial charge in [0.05, 0.1) is 24.9 Å². The van der Waals surface area contributed by atoms with Crippen molar-refractivity contribution in [1.29, 1.82) is 0 Å². The monoisotopic (exact) mass is 290 g/mol. The van der Waals surface area contributed by atoms with Crippen LogP contribution in [0.3, 0.4) is 0 Å². The lowest BCUT2D eigenvalue weighted by atomic mass is 9.98. The topological polar surface area (TPSA) is 51.7 Å². The zero-order valence-electron chi connectivity index (χ0n) is 12.9. The highest BCUT2D eigenvalue weighted by Crippen LogP contribution is 2.36. The first-order valence-corrected chi connectivity index (χ1v) is 7.43. The number of methoxy groups -OCH3 is 1. The first-order valence-electron chi connectivity index (χ1n) is 7.43. The number of ether oxygens (including phenoxy) is 2. The van der Waals surface area contributed by atoms with Crippen molar-refractivity contribution in [2.24, 2.45) is 0 Å². The molecule has 2 atom stereocenters. The van der Waals surface area contributed by atoms with E-state index in [0.29, 0.717) is 13.2 Å². The number of amides is 1. The van der Waals surface area contributed by atoms with E-state index in [0.717, 1.165) is 36.3 Å². The predicted molar refractivity (Wildman–Crippen MR) is 78.3 cm³/mol. The van der Waals surface area contributed by atoms with Gasteiger partial charge in [-0.15, -0.1) is 0 Å². The second kappa shape index (κ2) is 5.39. The lowest BCUT2D eigenvalue weighted by Crippen LogP contribution is -2.36. The second-order valence-corrected chi connectivity index (χ2v) is 6.17. The molecule has 0 aliphatic carbocycles. The Labute approximate surface area is 125 Å². The van der Waals surface area contributed by atoms with Crippen LogP contribution in [-0.4, -0.2) is 54.3 Å². The number of carbonyl (C=O) groups excluding carboxylic acids is 1. The van der Waals surface area contributed by atoms with Crippen LogP contribution in [0, 0.1) is 13.8 Å². The highest BCUT2D eigenvalue weighted by molar-refractivity contribution is 5.94. The molecule has 2 saturated heterocycles. The molecule has 3 heterocycles. The lowest BCUT2D eigenvalue weighted by Gasteiger charge is -2.23. The number of rotatable bonds is 2. The van der Waals surface area contributed by atoms with Crippen molar-refractivity contribution in [3.8, 4) is 0 Å². The van der Waals surface area contributed by atoms with Crippen LogP contribution in [0.2, 0.25) is 0 Å². The Morgan fingerprint density at radius 2 is 2.14 bits per heavy atom. The molecule has 0 bridgehead atoms. The van der Waals surface area contributed by atoms with Gasteiger partial charge >= 0.3 is 0 Å². The summed E-state index contributed by atoms with van der Waals surface area (Å²) in [5.41, 5.74) is 2.28. The minimum atomic E-state index is -0.201. The molecule has 2 fully saturated rings. The van der Waals surface area contributed by atoms with Gasteiger partial charge in [-0.2, -0.15) is 0 Å². The maximum atomic E-state index is 12.7. The van der Waals surface area contributed by atoms with E-state index in [4.69, 9.17) is 9.47 Å². The molecule has 5 nitrogen and oxygen atoms in total. The summed E-state index contributed by atoms with van der Waals surface area (Å²) in [7, 11) is 1.72. The van der Waals surface area contributed by atoms with Gasteiger partial charge in [0.1, 0.15) is 0 Å². The zero-order valence-corrected chi connectivity index (χ0v) is 12.9. The summed E-state index contributed by atoms with van der Waals surface area (Å²) < 4.78 is 11.3. The third-order valence-corrected chi connectivity index (χ3v) is 4.44. The van der Waals surface area contributed by atoms with E-state index >= 15 is 0 Å². The number of pyridine rings is 1. The van der Waals surface area contributed by atoms with Crippen molar-refractivity contribution in [2.75, 3.05) is 26.8 Å². The van der Waals surface area contributed by atoms with Crippen LogP contribution in [0.4, 0.5) is 0 Å². The quantitative estimate of drug-likeness (QED) is 0.832. The van der Waals surface area contributed by atoms with Crippen LogP contribution in [0.15, 0.2) is 12.1 Å². The van der Waals surface area contributed by atoms with E-state index < -0.39 is 0 Å². The molecule has 0 radical (unpaired) electrons. The molecular formula is C16H22N2O3. The smallest absolute Gasteiger partial charge is 0.254 e. The van der Waals surface area contributed by atoms with E-state index in [1.54, 1.807) is 7.11 Å². The Hall–Kier alpha value is -1.46. The molecule has 1 amide bonds. The average Bonchev–Trinajstić information content (AvgIpc) is 3.04. The normalized spacial score (nSPS) is 28.5. The van der Waals surface area contributed by atoms with Gasteiger partial charge in [0, 0.05) is 37.0 Å². The number of nitrogens with zero attached hydrogens (tertiary/aromatic N) is 2. The Balaban J connectivity index is 1.73. The number of aromatic nitrogens is 1. The molecule has 2 aliphatic heterocycles. The zero-order chi connectivity index (χ0) is 15.0. The van der Waals surface area contributed by atoms with Crippen LogP contribution in [0.5, 0.6) is 0 Å². The Kier molecular flexibility index (Phi) is 3.71. The third-order valence-electron chi connectivity index (χ3n) is 4.44. The van der Waals surface area contributed by atoms with Crippen LogP contribution in [0.1, 0.15) is 34.6 Å². The molecule has 0 N–H and O–H groups in total. The fourth-order valence-corrected chi connectivity index (χ4v) is 3.40. The standard InChI is InChI=1S/C16H22N2O3/c1-11-6-13(7-12(2)17-11)15(19)18-5-4-16(10-18)8-14(20-3)9-21-16/h6-7,14H,4-5,8-10H2,1-3H3/t14-,16+/m1/s1. The minimum absolute atomic E-state index is 0.0740. The summed E-state index contributed by atoms with van der Waals surface area (Å²) in [6.07, 6.45) is 1.93. The summed E-state index contributed by atoms with van der Waals surface area (Å²) in [5.74, 6) is 0.0740. The Morgan fingerprint density at radius 1 is 1.43 bits per heavy atom. The van der Waals surface area contributed by atoms with Crippen molar-refractivity contribution in [3.63, 3.8) is 0 Å². The molecule has 1 aromatic rings. The van der Waals surface area contributed by atoms with E-state index in [9.17, 15) is 4.79 Å². The van der Waals surface area contributed by atoms with Gasteiger partial charge in [0.15, 0.2) is 0 Å². The third kappa shape index (κ3) is 2.80. The van der Waals surface area contributed by atoms with Gasteiger partial charge in [-0.1, -0.05) is 0 Å². The minimum Gasteiger partial charge on any atom is -0.379 e. The number of likely N-dealkylation sites (tertiary alicyclic amines) is 1. The summed E-state index contributed by atoms with van der Waals surface area (Å²) >= 11 is 0. The summed E-state index contributed by atoms with van der Waals surface area (Å²) in [6.45, 7) is 5.87. The van der Waals surface area contributed by atoms with Crippen LogP contribution in [0.25, 0.3) is 0 Å². The number of carbonyl (C=O) groups is 1. The van der Waals surface area contributed by atoms with Crippen molar-refractivity contribution < 1.29 is 14.3 Å². The van der Waals surface area contributed by atoms with Gasteiger partial charge in [-0.3, -0.25) is 9.78 Å². The number of hydrogen-bond acceptors (Lipinski definition) is 4. The molecule has 0 unspecified atom stereocenters. The van der Waals surface area contributed by atoms with Crippen molar-refractivity contribution in [3.05, 3.63) is 29.1 Å². The van der Waals surface area contributed by atoms with Gasteiger partial charge in [-0.25, -0.2) is 0 Å². The highest BCUT2D eigenvalue weighted by Gasteiger charge is 2.46. The van der Waals surface area contributed by atoms with E-state index in [-0.39, 0.29) is 17.6 Å². The molecule has 0 aromatic carbocycles. The van der Waals surface area contributed by atoms with Crippen LogP contribution >= 0.6 is 0 Å². The van der Waals surface area contributed by atoms with E-state index in [2.05, 4.69) is 4.98 Å². The highest BCUT2D eigenvalue weighted by atomic mass is 16.6. The van der Waals surface area contributed by atoms with Gasteiger partial charge in [0.25, 0.3) is 5.91 Å². The summed E-state index contributed by atoms with van der Waals surface area (Å²) in [6, 6.07) is 3.71. The second-order valence-electron chi connectivity index (χ2n) is 6.17. The largest absolute Gasteiger partial charge is 0.379 e. The molecule has 5 heteroatoms. The summed E-state index contributed by atoms with van der Waals surface area (Å²) in [4.78, 5) is 18.9. The number of aryl methyl sites for hydroxylation is 2. The first kappa shape index (κ1) is 14.5. The predicted octanol–water partition coefficient (Wildman–Crippen LogP) is 1.72. The van der Waals surface area contributed by atoms with Crippen LogP contribution in [-0.2, 0) is 9.47 Å². The van der Waals surface area contributed by atoms with Gasteiger partial charge in [-0.05, 0) is 32.4 Å². The van der Waals surface area contributed by atoms with Crippen LogP contribution < -0.4 is 0 Å². The average molecular weight is 290 g/mol. The van der Waals surface area contributed by atoms with E-state index in [1.165, 1.54) is 0 Å². The SMILES string of the molecule is CO[C@H]1CO[C@@]2(CCN(C(=O)c3cc(C)nc(C)c3)C2)C1. The molecule has 21 heavy (non-hydrogen) atoms. The number of hydrogen-bond donors (Lipinski definition) is 0. The molecule has 2 aliphatic rings. The van der Waals surface area contributed by atoms with Crippen molar-refractivity contribution in [2.45, 2.75) is 38.4 Å².